The minimum atomic E-state index is -1.22. The summed E-state index contributed by atoms with van der Waals surface area (Å²) in [6.07, 6.45) is 1.57. The SMILES string of the molecule is COCc1cn2c(Nc3cc([C@H]4C[C@@H](F)[C@@H](OC(=O)NC(C)C)C4)[nH]n3)nccc2n1. The van der Waals surface area contributed by atoms with Crippen LogP contribution in [0.1, 0.15) is 44.0 Å². The largest absolute Gasteiger partial charge is 0.443 e. The van der Waals surface area contributed by atoms with Crippen molar-refractivity contribution >= 4 is 23.5 Å². The second-order valence-electron chi connectivity index (χ2n) is 7.92. The van der Waals surface area contributed by atoms with Gasteiger partial charge in [0.05, 0.1) is 12.3 Å². The van der Waals surface area contributed by atoms with Gasteiger partial charge in [0.2, 0.25) is 5.95 Å². The summed E-state index contributed by atoms with van der Waals surface area (Å²) in [5.74, 6) is 0.973. The van der Waals surface area contributed by atoms with Gasteiger partial charge < -0.3 is 20.1 Å². The number of hydrogen-bond donors (Lipinski definition) is 3. The number of carbonyl (C=O) groups is 1. The molecule has 0 aliphatic heterocycles. The fourth-order valence-electron chi connectivity index (χ4n) is 3.73. The standard InChI is InChI=1S/C20H26FN7O3/c1-11(2)23-20(29)31-16-7-12(6-14(16)21)15-8-17(27-26-15)25-19-22-5-4-18-24-13(10-30-3)9-28(18)19/h4-5,8-9,11-12,14,16H,6-7,10H2,1-3H3,(H,23,29)(H2,22,25,26,27)/t12-,14+,16-/m0/s1. The maximum Gasteiger partial charge on any atom is 0.407 e. The molecule has 10 nitrogen and oxygen atoms in total. The maximum absolute atomic E-state index is 14.4. The molecule has 1 amide bonds. The molecule has 0 saturated heterocycles. The summed E-state index contributed by atoms with van der Waals surface area (Å²) < 4.78 is 26.6. The average Bonchev–Trinajstić information content (AvgIpc) is 3.41. The third-order valence-electron chi connectivity index (χ3n) is 5.10. The van der Waals surface area contributed by atoms with Crippen molar-refractivity contribution in [2.24, 2.45) is 0 Å². The molecule has 1 saturated carbocycles. The van der Waals surface area contributed by atoms with E-state index in [9.17, 15) is 9.18 Å². The predicted molar refractivity (Wildman–Crippen MR) is 111 cm³/mol. The van der Waals surface area contributed by atoms with E-state index in [0.717, 1.165) is 17.0 Å². The first-order valence-corrected chi connectivity index (χ1v) is 10.2. The summed E-state index contributed by atoms with van der Waals surface area (Å²) in [5, 5.41) is 13.0. The van der Waals surface area contributed by atoms with Crippen LogP contribution < -0.4 is 10.6 Å². The van der Waals surface area contributed by atoms with Crippen LogP contribution in [0.3, 0.4) is 0 Å². The number of nitrogens with one attached hydrogen (secondary N) is 3. The van der Waals surface area contributed by atoms with Crippen LogP contribution in [-0.2, 0) is 16.1 Å². The van der Waals surface area contributed by atoms with Crippen LogP contribution in [0.4, 0.5) is 21.0 Å². The Bertz CT molecular complexity index is 1050. The molecule has 3 aromatic heterocycles. The molecule has 0 unspecified atom stereocenters. The number of carbonyl (C=O) groups excluding carboxylic acids is 1. The number of alkyl halides is 1. The second-order valence-corrected chi connectivity index (χ2v) is 7.92. The number of aromatic amines is 1. The zero-order valence-corrected chi connectivity index (χ0v) is 17.6. The molecular weight excluding hydrogens is 405 g/mol. The number of halogens is 1. The molecule has 0 aromatic carbocycles. The lowest BCUT2D eigenvalue weighted by Crippen LogP contribution is -2.35. The van der Waals surface area contributed by atoms with E-state index in [1.165, 1.54) is 0 Å². The normalized spacial score (nSPS) is 21.0. The molecule has 0 radical (unpaired) electrons. The molecular formula is C20H26FN7O3. The van der Waals surface area contributed by atoms with E-state index in [1.807, 2.05) is 30.5 Å². The highest BCUT2D eigenvalue weighted by molar-refractivity contribution is 5.67. The first-order chi connectivity index (χ1) is 14.9. The zero-order chi connectivity index (χ0) is 22.0. The van der Waals surface area contributed by atoms with Gasteiger partial charge >= 0.3 is 6.09 Å². The van der Waals surface area contributed by atoms with Crippen molar-refractivity contribution in [2.45, 2.75) is 57.5 Å². The van der Waals surface area contributed by atoms with Crippen LogP contribution in [0.15, 0.2) is 24.5 Å². The Hall–Kier alpha value is -3.21. The van der Waals surface area contributed by atoms with Gasteiger partial charge in [-0.05, 0) is 32.8 Å². The summed E-state index contributed by atoms with van der Waals surface area (Å²) in [4.78, 5) is 20.6. The van der Waals surface area contributed by atoms with Crippen LogP contribution in [0.2, 0.25) is 0 Å². The summed E-state index contributed by atoms with van der Waals surface area (Å²) in [5.41, 5.74) is 2.29. The summed E-state index contributed by atoms with van der Waals surface area (Å²) in [6.45, 7) is 4.04. The lowest BCUT2D eigenvalue weighted by Gasteiger charge is -2.16. The number of anilines is 2. The van der Waals surface area contributed by atoms with Gasteiger partial charge in [-0.15, -0.1) is 0 Å². The summed E-state index contributed by atoms with van der Waals surface area (Å²) >= 11 is 0. The lowest BCUT2D eigenvalue weighted by molar-refractivity contribution is 0.0593. The van der Waals surface area contributed by atoms with Gasteiger partial charge in [-0.1, -0.05) is 0 Å². The van der Waals surface area contributed by atoms with E-state index in [-0.39, 0.29) is 18.4 Å². The third kappa shape index (κ3) is 4.76. The number of hydrogen-bond acceptors (Lipinski definition) is 7. The Balaban J connectivity index is 1.43. The van der Waals surface area contributed by atoms with Gasteiger partial charge in [-0.2, -0.15) is 5.10 Å². The molecule has 3 atom stereocenters. The number of amides is 1. The smallest absolute Gasteiger partial charge is 0.407 e. The predicted octanol–water partition coefficient (Wildman–Crippen LogP) is 3.06. The Morgan fingerprint density at radius 2 is 2.26 bits per heavy atom. The molecule has 3 heterocycles. The molecule has 1 aliphatic carbocycles. The highest BCUT2D eigenvalue weighted by Crippen LogP contribution is 2.38. The van der Waals surface area contributed by atoms with E-state index in [0.29, 0.717) is 24.8 Å². The minimum Gasteiger partial charge on any atom is -0.443 e. The Morgan fingerprint density at radius 3 is 3.03 bits per heavy atom. The van der Waals surface area contributed by atoms with Crippen LogP contribution in [0.25, 0.3) is 5.65 Å². The minimum absolute atomic E-state index is 0.0665. The number of H-pyrrole nitrogens is 1. The highest BCUT2D eigenvalue weighted by Gasteiger charge is 2.38. The Morgan fingerprint density at radius 1 is 1.42 bits per heavy atom. The summed E-state index contributed by atoms with van der Waals surface area (Å²) in [6, 6.07) is 3.56. The van der Waals surface area contributed by atoms with Gasteiger partial charge in [0.1, 0.15) is 17.9 Å². The van der Waals surface area contributed by atoms with Crippen molar-refractivity contribution in [2.75, 3.05) is 12.4 Å². The molecule has 1 fully saturated rings. The van der Waals surface area contributed by atoms with E-state index in [4.69, 9.17) is 9.47 Å². The Kier molecular flexibility index (Phi) is 6.03. The first kappa shape index (κ1) is 21.0. The van der Waals surface area contributed by atoms with Crippen LogP contribution >= 0.6 is 0 Å². The average molecular weight is 431 g/mol. The van der Waals surface area contributed by atoms with Gasteiger partial charge in [-0.3, -0.25) is 9.50 Å². The molecule has 4 rings (SSSR count). The second kappa shape index (κ2) is 8.88. The van der Waals surface area contributed by atoms with Crippen molar-refractivity contribution in [1.29, 1.82) is 0 Å². The van der Waals surface area contributed by atoms with Gasteiger partial charge in [0, 0.05) is 43.2 Å². The summed E-state index contributed by atoms with van der Waals surface area (Å²) in [7, 11) is 1.62. The quantitative estimate of drug-likeness (QED) is 0.526. The van der Waals surface area contributed by atoms with E-state index in [1.54, 1.807) is 19.4 Å². The van der Waals surface area contributed by atoms with Crippen LogP contribution in [0, 0.1) is 0 Å². The van der Waals surface area contributed by atoms with Gasteiger partial charge in [0.25, 0.3) is 0 Å². The van der Waals surface area contributed by atoms with Gasteiger partial charge in [0.15, 0.2) is 5.82 Å². The number of imidazole rings is 1. The van der Waals surface area contributed by atoms with Crippen molar-refractivity contribution < 1.29 is 18.7 Å². The van der Waals surface area contributed by atoms with E-state index >= 15 is 0 Å². The van der Waals surface area contributed by atoms with Crippen LogP contribution in [0.5, 0.6) is 0 Å². The maximum atomic E-state index is 14.4. The molecule has 166 valence electrons. The van der Waals surface area contributed by atoms with Crippen molar-refractivity contribution in [3.63, 3.8) is 0 Å². The first-order valence-electron chi connectivity index (χ1n) is 10.2. The van der Waals surface area contributed by atoms with Crippen molar-refractivity contribution in [3.8, 4) is 0 Å². The fraction of sp³-hybridized carbons (Fsp3) is 0.500. The van der Waals surface area contributed by atoms with Crippen LogP contribution in [-0.4, -0.2) is 56.1 Å². The van der Waals surface area contributed by atoms with E-state index in [2.05, 4.69) is 30.8 Å². The number of fused-ring (bicyclic) bond motifs is 1. The monoisotopic (exact) mass is 431 g/mol. The topological polar surface area (TPSA) is 118 Å². The van der Waals surface area contributed by atoms with Crippen molar-refractivity contribution in [1.82, 2.24) is 29.9 Å². The fourth-order valence-corrected chi connectivity index (χ4v) is 3.73. The van der Waals surface area contributed by atoms with Crippen molar-refractivity contribution in [3.05, 3.63) is 35.9 Å². The number of rotatable bonds is 7. The lowest BCUT2D eigenvalue weighted by atomic mass is 10.0. The molecule has 3 aromatic rings. The number of nitrogens with zero attached hydrogens (tertiary/aromatic N) is 4. The molecule has 11 heteroatoms. The molecule has 0 spiro atoms. The molecule has 31 heavy (non-hydrogen) atoms. The number of methoxy groups -OCH3 is 1. The Labute approximate surface area is 178 Å². The van der Waals surface area contributed by atoms with E-state index < -0.39 is 18.4 Å². The number of ether oxygens (including phenoxy) is 2. The molecule has 1 aliphatic rings. The van der Waals surface area contributed by atoms with Gasteiger partial charge in [-0.25, -0.2) is 19.2 Å². The molecule has 3 N–H and O–H groups in total. The number of aromatic nitrogens is 5. The third-order valence-corrected chi connectivity index (χ3v) is 5.10. The highest BCUT2D eigenvalue weighted by atomic mass is 19.1. The zero-order valence-electron chi connectivity index (χ0n) is 17.6. The number of alkyl carbamates (subject to hydrolysis) is 1. The molecule has 0 bridgehead atoms.